The standard InChI is InChI=1S/C23H21ClN4O2/c1-15(14-30-17-9-7-16(24)8-10-17)25-23(29)19-13-22(21-11-12-28(2)27-21)26-20-6-4-3-5-18(19)20/h3-13,15H,14H2,1-2H3,(H,25,29). The number of hydrogen-bond donors (Lipinski definition) is 1. The predicted octanol–water partition coefficient (Wildman–Crippen LogP) is 4.49. The maximum absolute atomic E-state index is 13.1. The first-order valence-electron chi connectivity index (χ1n) is 9.58. The first-order chi connectivity index (χ1) is 14.5. The van der Waals surface area contributed by atoms with Crippen molar-refractivity contribution in [3.8, 4) is 17.1 Å². The van der Waals surface area contributed by atoms with Crippen molar-refractivity contribution in [1.29, 1.82) is 0 Å². The number of halogens is 1. The molecule has 0 spiro atoms. The number of aromatic nitrogens is 3. The van der Waals surface area contributed by atoms with E-state index in [1.807, 2.05) is 50.5 Å². The number of fused-ring (bicyclic) bond motifs is 1. The number of pyridine rings is 1. The summed E-state index contributed by atoms with van der Waals surface area (Å²) in [4.78, 5) is 17.7. The molecule has 2 heterocycles. The van der Waals surface area contributed by atoms with E-state index in [1.165, 1.54) is 0 Å². The van der Waals surface area contributed by atoms with Gasteiger partial charge in [0.25, 0.3) is 5.91 Å². The number of benzene rings is 2. The number of carbonyl (C=O) groups is 1. The summed E-state index contributed by atoms with van der Waals surface area (Å²) in [6, 6.07) is 18.2. The minimum atomic E-state index is -0.196. The zero-order chi connectivity index (χ0) is 21.1. The number of nitrogens with zero attached hydrogens (tertiary/aromatic N) is 3. The Kier molecular flexibility index (Phi) is 5.68. The average molecular weight is 421 g/mol. The number of hydrogen-bond acceptors (Lipinski definition) is 4. The molecule has 1 amide bonds. The van der Waals surface area contributed by atoms with Gasteiger partial charge in [-0.15, -0.1) is 0 Å². The second kappa shape index (κ2) is 8.55. The molecule has 1 N–H and O–H groups in total. The van der Waals surface area contributed by atoms with Gasteiger partial charge < -0.3 is 10.1 Å². The highest BCUT2D eigenvalue weighted by atomic mass is 35.5. The Balaban J connectivity index is 1.55. The largest absolute Gasteiger partial charge is 0.491 e. The summed E-state index contributed by atoms with van der Waals surface area (Å²) in [5.41, 5.74) is 2.68. The monoisotopic (exact) mass is 420 g/mol. The molecule has 1 atom stereocenters. The highest BCUT2D eigenvalue weighted by molar-refractivity contribution is 6.30. The summed E-state index contributed by atoms with van der Waals surface area (Å²) in [5, 5.41) is 8.86. The van der Waals surface area contributed by atoms with Crippen molar-refractivity contribution in [1.82, 2.24) is 20.1 Å². The van der Waals surface area contributed by atoms with Crippen LogP contribution in [0.15, 0.2) is 66.9 Å². The van der Waals surface area contributed by atoms with Crippen molar-refractivity contribution < 1.29 is 9.53 Å². The zero-order valence-corrected chi connectivity index (χ0v) is 17.4. The van der Waals surface area contributed by atoms with Crippen LogP contribution in [0.25, 0.3) is 22.3 Å². The fraction of sp³-hybridized carbons (Fsp3) is 0.174. The summed E-state index contributed by atoms with van der Waals surface area (Å²) in [6.45, 7) is 2.24. The van der Waals surface area contributed by atoms with Gasteiger partial charge in [-0.2, -0.15) is 5.10 Å². The molecule has 0 fully saturated rings. The SMILES string of the molecule is CC(COc1ccc(Cl)cc1)NC(=O)c1cc(-c2ccn(C)n2)nc2ccccc12. The lowest BCUT2D eigenvalue weighted by atomic mass is 10.1. The van der Waals surface area contributed by atoms with Gasteiger partial charge in [0.15, 0.2) is 0 Å². The Morgan fingerprint density at radius 2 is 1.90 bits per heavy atom. The number of nitrogens with one attached hydrogen (secondary N) is 1. The Labute approximate surface area is 179 Å². The molecule has 4 rings (SSSR count). The molecule has 0 aliphatic rings. The van der Waals surface area contributed by atoms with Crippen LogP contribution in [0.3, 0.4) is 0 Å². The highest BCUT2D eigenvalue weighted by Crippen LogP contribution is 2.24. The van der Waals surface area contributed by atoms with Gasteiger partial charge in [-0.05, 0) is 49.4 Å². The minimum absolute atomic E-state index is 0.182. The van der Waals surface area contributed by atoms with Gasteiger partial charge in [-0.25, -0.2) is 4.98 Å². The van der Waals surface area contributed by atoms with Gasteiger partial charge in [0, 0.05) is 23.7 Å². The van der Waals surface area contributed by atoms with Gasteiger partial charge in [0.2, 0.25) is 0 Å². The van der Waals surface area contributed by atoms with Crippen LogP contribution in [0.2, 0.25) is 5.02 Å². The van der Waals surface area contributed by atoms with E-state index in [0.717, 1.165) is 16.6 Å². The molecule has 0 saturated carbocycles. The molecule has 152 valence electrons. The molecule has 2 aromatic carbocycles. The summed E-state index contributed by atoms with van der Waals surface area (Å²) >= 11 is 5.89. The average Bonchev–Trinajstić information content (AvgIpc) is 3.19. The molecule has 0 aliphatic carbocycles. The van der Waals surface area contributed by atoms with Crippen LogP contribution in [0, 0.1) is 0 Å². The quantitative estimate of drug-likeness (QED) is 0.499. The molecule has 6 nitrogen and oxygen atoms in total. The summed E-state index contributed by atoms with van der Waals surface area (Å²) in [5.74, 6) is 0.519. The molecule has 0 saturated heterocycles. The summed E-state index contributed by atoms with van der Waals surface area (Å²) in [7, 11) is 1.85. The van der Waals surface area contributed by atoms with E-state index in [0.29, 0.717) is 28.6 Å². The molecule has 1 unspecified atom stereocenters. The Hall–Kier alpha value is -3.38. The first-order valence-corrected chi connectivity index (χ1v) is 9.96. The van der Waals surface area contributed by atoms with Gasteiger partial charge >= 0.3 is 0 Å². The lowest BCUT2D eigenvalue weighted by Gasteiger charge is -2.16. The lowest BCUT2D eigenvalue weighted by molar-refractivity contribution is 0.0928. The van der Waals surface area contributed by atoms with Crippen LogP contribution < -0.4 is 10.1 Å². The topological polar surface area (TPSA) is 69.0 Å². The number of rotatable bonds is 6. The molecular formula is C23H21ClN4O2. The molecule has 2 aromatic heterocycles. The van der Waals surface area contributed by atoms with E-state index in [9.17, 15) is 4.79 Å². The van der Waals surface area contributed by atoms with E-state index in [2.05, 4.69) is 15.4 Å². The van der Waals surface area contributed by atoms with Crippen LogP contribution in [0.4, 0.5) is 0 Å². The van der Waals surface area contributed by atoms with Crippen molar-refractivity contribution in [2.75, 3.05) is 6.61 Å². The predicted molar refractivity (Wildman–Crippen MR) is 118 cm³/mol. The number of ether oxygens (including phenoxy) is 1. The van der Waals surface area contributed by atoms with E-state index in [1.54, 1.807) is 35.0 Å². The number of amides is 1. The molecule has 30 heavy (non-hydrogen) atoms. The van der Waals surface area contributed by atoms with E-state index in [-0.39, 0.29) is 11.9 Å². The van der Waals surface area contributed by atoms with Crippen molar-refractivity contribution in [2.24, 2.45) is 7.05 Å². The molecule has 0 aliphatic heterocycles. The smallest absolute Gasteiger partial charge is 0.252 e. The maximum atomic E-state index is 13.1. The van der Waals surface area contributed by atoms with Gasteiger partial charge in [-0.3, -0.25) is 9.48 Å². The fourth-order valence-corrected chi connectivity index (χ4v) is 3.27. The highest BCUT2D eigenvalue weighted by Gasteiger charge is 2.17. The molecule has 7 heteroatoms. The number of para-hydroxylation sites is 1. The minimum Gasteiger partial charge on any atom is -0.491 e. The number of aryl methyl sites for hydroxylation is 1. The molecule has 0 bridgehead atoms. The van der Waals surface area contributed by atoms with Gasteiger partial charge in [0.1, 0.15) is 18.1 Å². The Bertz CT molecular complexity index is 1190. The fourth-order valence-electron chi connectivity index (χ4n) is 3.14. The Morgan fingerprint density at radius 1 is 1.13 bits per heavy atom. The summed E-state index contributed by atoms with van der Waals surface area (Å²) in [6.07, 6.45) is 1.85. The molecule has 0 radical (unpaired) electrons. The van der Waals surface area contributed by atoms with Crippen molar-refractivity contribution in [3.05, 3.63) is 77.4 Å². The van der Waals surface area contributed by atoms with Crippen molar-refractivity contribution in [2.45, 2.75) is 13.0 Å². The Morgan fingerprint density at radius 3 is 2.63 bits per heavy atom. The molecule has 4 aromatic rings. The normalized spacial score (nSPS) is 12.0. The first kappa shape index (κ1) is 19.9. The van der Waals surface area contributed by atoms with Gasteiger partial charge in [-0.1, -0.05) is 29.8 Å². The second-order valence-electron chi connectivity index (χ2n) is 7.09. The van der Waals surface area contributed by atoms with Crippen LogP contribution in [0.5, 0.6) is 5.75 Å². The van der Waals surface area contributed by atoms with Crippen LogP contribution in [0.1, 0.15) is 17.3 Å². The van der Waals surface area contributed by atoms with Crippen LogP contribution >= 0.6 is 11.6 Å². The van der Waals surface area contributed by atoms with E-state index < -0.39 is 0 Å². The second-order valence-corrected chi connectivity index (χ2v) is 7.52. The third kappa shape index (κ3) is 4.44. The van der Waals surface area contributed by atoms with E-state index >= 15 is 0 Å². The number of carbonyl (C=O) groups excluding carboxylic acids is 1. The van der Waals surface area contributed by atoms with Crippen LogP contribution in [-0.4, -0.2) is 33.3 Å². The third-order valence-electron chi connectivity index (χ3n) is 4.63. The summed E-state index contributed by atoms with van der Waals surface area (Å²) < 4.78 is 7.45. The van der Waals surface area contributed by atoms with Crippen molar-refractivity contribution in [3.63, 3.8) is 0 Å². The lowest BCUT2D eigenvalue weighted by Crippen LogP contribution is -2.37. The maximum Gasteiger partial charge on any atom is 0.252 e. The molecular weight excluding hydrogens is 400 g/mol. The van der Waals surface area contributed by atoms with Crippen molar-refractivity contribution >= 4 is 28.4 Å². The van der Waals surface area contributed by atoms with E-state index in [4.69, 9.17) is 16.3 Å². The third-order valence-corrected chi connectivity index (χ3v) is 4.88. The van der Waals surface area contributed by atoms with Gasteiger partial charge in [0.05, 0.1) is 22.8 Å². The van der Waals surface area contributed by atoms with Crippen LogP contribution in [-0.2, 0) is 7.05 Å². The zero-order valence-electron chi connectivity index (χ0n) is 16.7.